The van der Waals surface area contributed by atoms with Crippen LogP contribution in [0.25, 0.3) is 11.2 Å². The minimum atomic E-state index is 0.228. The van der Waals surface area contributed by atoms with E-state index in [-0.39, 0.29) is 6.10 Å². The fourth-order valence-electron chi connectivity index (χ4n) is 2.84. The first-order valence-corrected chi connectivity index (χ1v) is 8.29. The van der Waals surface area contributed by atoms with E-state index in [0.29, 0.717) is 24.0 Å². The highest BCUT2D eigenvalue weighted by Crippen LogP contribution is 2.23. The van der Waals surface area contributed by atoms with Crippen LogP contribution in [-0.2, 0) is 4.74 Å². The average Bonchev–Trinajstić information content (AvgIpc) is 3.32. The zero-order chi connectivity index (χ0) is 17.1. The van der Waals surface area contributed by atoms with Gasteiger partial charge in [-0.1, -0.05) is 0 Å². The normalized spacial score (nSPS) is 16.9. The van der Waals surface area contributed by atoms with Gasteiger partial charge < -0.3 is 25.1 Å². The molecule has 4 rings (SSSR count). The van der Waals surface area contributed by atoms with Gasteiger partial charge in [0.25, 0.3) is 0 Å². The second-order valence-electron chi connectivity index (χ2n) is 5.87. The lowest BCUT2D eigenvalue weighted by Gasteiger charge is -2.13. The number of imidazole rings is 1. The van der Waals surface area contributed by atoms with Crippen molar-refractivity contribution in [2.24, 2.45) is 0 Å². The topological polar surface area (TPSA) is 97.0 Å². The Morgan fingerprint density at radius 1 is 1.28 bits per heavy atom. The lowest BCUT2D eigenvalue weighted by molar-refractivity contribution is 0.120. The highest BCUT2D eigenvalue weighted by atomic mass is 16.5. The zero-order valence-corrected chi connectivity index (χ0v) is 14.0. The third kappa shape index (κ3) is 3.48. The van der Waals surface area contributed by atoms with Crippen molar-refractivity contribution in [2.45, 2.75) is 18.9 Å². The van der Waals surface area contributed by atoms with E-state index in [1.807, 2.05) is 24.3 Å². The smallest absolute Gasteiger partial charge is 0.231 e. The van der Waals surface area contributed by atoms with Crippen molar-refractivity contribution < 1.29 is 9.47 Å². The Morgan fingerprint density at radius 3 is 2.92 bits per heavy atom. The molecule has 1 saturated heterocycles. The van der Waals surface area contributed by atoms with Gasteiger partial charge in [0, 0.05) is 18.8 Å². The quantitative estimate of drug-likeness (QED) is 0.635. The fraction of sp³-hybridized carbons (Fsp3) is 0.353. The van der Waals surface area contributed by atoms with Crippen LogP contribution in [0.1, 0.15) is 12.8 Å². The Hall–Kier alpha value is -2.87. The molecule has 0 aliphatic carbocycles. The molecule has 1 aliphatic rings. The molecule has 2 aromatic heterocycles. The van der Waals surface area contributed by atoms with Crippen LogP contribution in [0.2, 0.25) is 0 Å². The van der Waals surface area contributed by atoms with Crippen molar-refractivity contribution in [1.82, 2.24) is 19.9 Å². The van der Waals surface area contributed by atoms with E-state index < -0.39 is 0 Å². The minimum absolute atomic E-state index is 0.228. The largest absolute Gasteiger partial charge is 0.497 e. The molecule has 3 N–H and O–H groups in total. The summed E-state index contributed by atoms with van der Waals surface area (Å²) in [5, 5.41) is 6.56. The molecule has 0 bridgehead atoms. The third-order valence-electron chi connectivity index (χ3n) is 4.15. The molecule has 25 heavy (non-hydrogen) atoms. The Bertz CT molecular complexity index is 842. The van der Waals surface area contributed by atoms with E-state index in [2.05, 4.69) is 30.6 Å². The Labute approximate surface area is 145 Å². The van der Waals surface area contributed by atoms with Crippen LogP contribution >= 0.6 is 0 Å². The molecule has 1 aromatic carbocycles. The zero-order valence-electron chi connectivity index (χ0n) is 14.0. The van der Waals surface area contributed by atoms with Crippen LogP contribution in [0.3, 0.4) is 0 Å². The third-order valence-corrected chi connectivity index (χ3v) is 4.15. The van der Waals surface area contributed by atoms with Crippen molar-refractivity contribution in [2.75, 3.05) is 30.9 Å². The number of fused-ring (bicyclic) bond motifs is 1. The van der Waals surface area contributed by atoms with Crippen molar-refractivity contribution in [3.63, 3.8) is 0 Å². The molecule has 1 fully saturated rings. The number of methoxy groups -OCH3 is 1. The molecule has 0 spiro atoms. The van der Waals surface area contributed by atoms with Gasteiger partial charge in [0.2, 0.25) is 5.95 Å². The Balaban J connectivity index is 1.55. The van der Waals surface area contributed by atoms with Crippen molar-refractivity contribution in [3.8, 4) is 5.75 Å². The number of aromatic amines is 1. The first-order chi connectivity index (χ1) is 12.3. The van der Waals surface area contributed by atoms with E-state index in [0.717, 1.165) is 36.4 Å². The van der Waals surface area contributed by atoms with Crippen molar-refractivity contribution in [3.05, 3.63) is 30.6 Å². The maximum absolute atomic E-state index is 5.66. The molecule has 8 nitrogen and oxygen atoms in total. The van der Waals surface area contributed by atoms with Crippen LogP contribution in [-0.4, -0.2) is 46.3 Å². The van der Waals surface area contributed by atoms with Gasteiger partial charge >= 0.3 is 0 Å². The summed E-state index contributed by atoms with van der Waals surface area (Å²) in [4.78, 5) is 16.4. The number of aromatic nitrogens is 4. The molecule has 3 aromatic rings. The summed E-state index contributed by atoms with van der Waals surface area (Å²) in [6.07, 6.45) is 4.03. The lowest BCUT2D eigenvalue weighted by atomic mass is 10.2. The number of hydrogen-bond donors (Lipinski definition) is 3. The van der Waals surface area contributed by atoms with Crippen molar-refractivity contribution >= 4 is 28.6 Å². The van der Waals surface area contributed by atoms with Crippen LogP contribution in [0.4, 0.5) is 17.5 Å². The number of ether oxygens (including phenoxy) is 2. The molecular weight excluding hydrogens is 320 g/mol. The van der Waals surface area contributed by atoms with Crippen LogP contribution < -0.4 is 15.4 Å². The molecule has 3 heterocycles. The van der Waals surface area contributed by atoms with Gasteiger partial charge in [-0.2, -0.15) is 9.97 Å². The number of rotatable bonds is 6. The molecule has 0 saturated carbocycles. The summed E-state index contributed by atoms with van der Waals surface area (Å²) in [7, 11) is 1.64. The SMILES string of the molecule is COc1ccc(Nc2nc(NCC3CCCO3)c3[nH]cnc3n2)cc1. The Morgan fingerprint density at radius 2 is 2.16 bits per heavy atom. The Kier molecular flexibility index (Phi) is 4.34. The number of H-pyrrole nitrogens is 1. The molecule has 1 unspecified atom stereocenters. The van der Waals surface area contributed by atoms with Gasteiger partial charge in [-0.3, -0.25) is 0 Å². The summed E-state index contributed by atoms with van der Waals surface area (Å²) >= 11 is 0. The van der Waals surface area contributed by atoms with E-state index in [1.54, 1.807) is 13.4 Å². The number of nitrogens with zero attached hydrogens (tertiary/aromatic N) is 3. The average molecular weight is 340 g/mol. The van der Waals surface area contributed by atoms with E-state index in [1.165, 1.54) is 0 Å². The van der Waals surface area contributed by atoms with Crippen LogP contribution in [0.15, 0.2) is 30.6 Å². The van der Waals surface area contributed by atoms with Gasteiger partial charge in [-0.25, -0.2) is 4.98 Å². The highest BCUT2D eigenvalue weighted by molar-refractivity contribution is 5.84. The second-order valence-corrected chi connectivity index (χ2v) is 5.87. The van der Waals surface area contributed by atoms with Crippen LogP contribution in [0.5, 0.6) is 5.75 Å². The van der Waals surface area contributed by atoms with Gasteiger partial charge in [0.05, 0.1) is 19.5 Å². The van der Waals surface area contributed by atoms with Gasteiger partial charge in [0.15, 0.2) is 11.5 Å². The molecule has 0 radical (unpaired) electrons. The number of anilines is 3. The maximum atomic E-state index is 5.66. The number of hydrogen-bond acceptors (Lipinski definition) is 7. The monoisotopic (exact) mass is 340 g/mol. The number of nitrogens with one attached hydrogen (secondary N) is 3. The minimum Gasteiger partial charge on any atom is -0.497 e. The summed E-state index contributed by atoms with van der Waals surface area (Å²) in [5.41, 5.74) is 2.28. The summed E-state index contributed by atoms with van der Waals surface area (Å²) in [6, 6.07) is 7.59. The predicted molar refractivity (Wildman–Crippen MR) is 95.4 cm³/mol. The molecule has 8 heteroatoms. The maximum Gasteiger partial charge on any atom is 0.231 e. The highest BCUT2D eigenvalue weighted by Gasteiger charge is 2.17. The molecule has 1 atom stereocenters. The molecule has 130 valence electrons. The van der Waals surface area contributed by atoms with Gasteiger partial charge in [0.1, 0.15) is 11.3 Å². The standard InChI is InChI=1S/C17H20N6O2/c1-24-12-6-4-11(5-7-12)21-17-22-15(14-16(23-17)20-10-19-14)18-9-13-3-2-8-25-13/h4-7,10,13H,2-3,8-9H2,1H3,(H3,18,19,20,21,22,23). The molecular formula is C17H20N6O2. The molecule has 0 amide bonds. The fourth-order valence-corrected chi connectivity index (χ4v) is 2.84. The lowest BCUT2D eigenvalue weighted by Crippen LogP contribution is -2.19. The summed E-state index contributed by atoms with van der Waals surface area (Å²) in [6.45, 7) is 1.55. The van der Waals surface area contributed by atoms with E-state index >= 15 is 0 Å². The predicted octanol–water partition coefficient (Wildman–Crippen LogP) is 2.70. The first-order valence-electron chi connectivity index (χ1n) is 8.29. The summed E-state index contributed by atoms with van der Waals surface area (Å²) in [5.74, 6) is 2.00. The first kappa shape index (κ1) is 15.6. The second kappa shape index (κ2) is 6.94. The van der Waals surface area contributed by atoms with Crippen LogP contribution in [0, 0.1) is 0 Å². The van der Waals surface area contributed by atoms with Gasteiger partial charge in [-0.05, 0) is 37.1 Å². The van der Waals surface area contributed by atoms with E-state index in [9.17, 15) is 0 Å². The van der Waals surface area contributed by atoms with E-state index in [4.69, 9.17) is 9.47 Å². The number of benzene rings is 1. The van der Waals surface area contributed by atoms with Crippen molar-refractivity contribution in [1.29, 1.82) is 0 Å². The molecule has 1 aliphatic heterocycles. The summed E-state index contributed by atoms with van der Waals surface area (Å²) < 4.78 is 10.8. The van der Waals surface area contributed by atoms with Gasteiger partial charge in [-0.15, -0.1) is 0 Å².